The highest BCUT2D eigenvalue weighted by Gasteiger charge is 2.28. The SMILES string of the molecule is CCOC(=O)c1cc(-c2ccc(F)cc2)n(C2CCN(C(=O)c3ccc(C)c(C)c3)CC2)n1. The molecule has 0 radical (unpaired) electrons. The number of aryl methyl sites for hydroxylation is 2. The molecule has 0 spiro atoms. The van der Waals surface area contributed by atoms with Crippen LogP contribution in [0.2, 0.25) is 0 Å². The van der Waals surface area contributed by atoms with Gasteiger partial charge in [-0.3, -0.25) is 9.48 Å². The van der Waals surface area contributed by atoms with E-state index in [1.54, 1.807) is 25.1 Å². The van der Waals surface area contributed by atoms with Gasteiger partial charge in [0.05, 0.1) is 18.3 Å². The summed E-state index contributed by atoms with van der Waals surface area (Å²) in [7, 11) is 0. The molecule has 1 aromatic heterocycles. The average molecular weight is 450 g/mol. The van der Waals surface area contributed by atoms with Crippen LogP contribution in [0.15, 0.2) is 48.5 Å². The number of benzene rings is 2. The zero-order valence-electron chi connectivity index (χ0n) is 19.2. The summed E-state index contributed by atoms with van der Waals surface area (Å²) in [6.45, 7) is 7.23. The molecule has 0 N–H and O–H groups in total. The summed E-state index contributed by atoms with van der Waals surface area (Å²) in [5.74, 6) is -0.779. The third kappa shape index (κ3) is 4.82. The number of likely N-dealkylation sites (tertiary alicyclic amines) is 1. The zero-order chi connectivity index (χ0) is 23.5. The lowest BCUT2D eigenvalue weighted by Gasteiger charge is -2.33. The van der Waals surface area contributed by atoms with Gasteiger partial charge in [0.25, 0.3) is 5.91 Å². The molecule has 0 saturated carbocycles. The van der Waals surface area contributed by atoms with Crippen molar-refractivity contribution in [2.75, 3.05) is 19.7 Å². The van der Waals surface area contributed by atoms with Gasteiger partial charge in [-0.2, -0.15) is 5.10 Å². The quantitative estimate of drug-likeness (QED) is 0.517. The Morgan fingerprint density at radius 3 is 2.36 bits per heavy atom. The molecule has 0 unspecified atom stereocenters. The molecule has 1 aliphatic heterocycles. The van der Waals surface area contributed by atoms with Crippen LogP contribution < -0.4 is 0 Å². The first-order chi connectivity index (χ1) is 15.9. The molecule has 2 heterocycles. The third-order valence-electron chi connectivity index (χ3n) is 6.21. The van der Waals surface area contributed by atoms with Crippen molar-refractivity contribution in [3.8, 4) is 11.3 Å². The molecule has 7 heteroatoms. The lowest BCUT2D eigenvalue weighted by atomic mass is 10.0. The van der Waals surface area contributed by atoms with Crippen LogP contribution in [0.5, 0.6) is 0 Å². The minimum absolute atomic E-state index is 0.0111. The normalized spacial score (nSPS) is 14.4. The van der Waals surface area contributed by atoms with E-state index in [9.17, 15) is 14.0 Å². The maximum atomic E-state index is 13.5. The van der Waals surface area contributed by atoms with E-state index in [4.69, 9.17) is 4.74 Å². The predicted molar refractivity (Wildman–Crippen MR) is 124 cm³/mol. The minimum atomic E-state index is -0.484. The van der Waals surface area contributed by atoms with Crippen molar-refractivity contribution in [3.63, 3.8) is 0 Å². The Labute approximate surface area is 193 Å². The number of halogens is 1. The van der Waals surface area contributed by atoms with Gasteiger partial charge in [-0.05, 0) is 87.2 Å². The molecule has 3 aromatic rings. The number of rotatable bonds is 5. The second-order valence-electron chi connectivity index (χ2n) is 8.41. The fraction of sp³-hybridized carbons (Fsp3) is 0.346. The molecule has 4 rings (SSSR count). The number of esters is 1. The Bertz CT molecular complexity index is 1160. The van der Waals surface area contributed by atoms with E-state index in [1.165, 1.54) is 12.1 Å². The van der Waals surface area contributed by atoms with Crippen LogP contribution >= 0.6 is 0 Å². The summed E-state index contributed by atoms with van der Waals surface area (Å²) in [5.41, 5.74) is 4.69. The Hall–Kier alpha value is -3.48. The first kappa shape index (κ1) is 22.7. The van der Waals surface area contributed by atoms with Crippen molar-refractivity contribution >= 4 is 11.9 Å². The number of ether oxygens (including phenoxy) is 1. The molecule has 0 atom stereocenters. The molecule has 0 bridgehead atoms. The van der Waals surface area contributed by atoms with Crippen molar-refractivity contribution < 1.29 is 18.7 Å². The summed E-state index contributed by atoms with van der Waals surface area (Å²) >= 11 is 0. The number of piperidine rings is 1. The molecule has 1 saturated heterocycles. The molecule has 6 nitrogen and oxygen atoms in total. The fourth-order valence-electron chi connectivity index (χ4n) is 4.18. The van der Waals surface area contributed by atoms with E-state index >= 15 is 0 Å². The summed E-state index contributed by atoms with van der Waals surface area (Å²) in [6, 6.07) is 13.6. The Morgan fingerprint density at radius 1 is 1.03 bits per heavy atom. The Kier molecular flexibility index (Phi) is 6.58. The first-order valence-corrected chi connectivity index (χ1v) is 11.3. The molecule has 0 aliphatic carbocycles. The number of hydrogen-bond acceptors (Lipinski definition) is 4. The number of carbonyl (C=O) groups excluding carboxylic acids is 2. The van der Waals surface area contributed by atoms with E-state index in [1.807, 2.05) is 41.6 Å². The van der Waals surface area contributed by atoms with Gasteiger partial charge in [0, 0.05) is 24.2 Å². The van der Waals surface area contributed by atoms with Crippen molar-refractivity contribution in [2.24, 2.45) is 0 Å². The van der Waals surface area contributed by atoms with Gasteiger partial charge in [0.1, 0.15) is 5.82 Å². The lowest BCUT2D eigenvalue weighted by molar-refractivity contribution is 0.0517. The summed E-state index contributed by atoms with van der Waals surface area (Å²) in [5, 5.41) is 4.55. The minimum Gasteiger partial charge on any atom is -0.461 e. The first-order valence-electron chi connectivity index (χ1n) is 11.3. The monoisotopic (exact) mass is 449 g/mol. The smallest absolute Gasteiger partial charge is 0.358 e. The second-order valence-corrected chi connectivity index (χ2v) is 8.41. The van der Waals surface area contributed by atoms with Crippen LogP contribution in [0.4, 0.5) is 4.39 Å². The van der Waals surface area contributed by atoms with E-state index in [2.05, 4.69) is 5.10 Å². The van der Waals surface area contributed by atoms with Gasteiger partial charge < -0.3 is 9.64 Å². The maximum absolute atomic E-state index is 13.5. The van der Waals surface area contributed by atoms with Crippen LogP contribution in [-0.4, -0.2) is 46.3 Å². The summed E-state index contributed by atoms with van der Waals surface area (Å²) < 4.78 is 20.4. The van der Waals surface area contributed by atoms with Crippen LogP contribution in [0.25, 0.3) is 11.3 Å². The highest BCUT2D eigenvalue weighted by Crippen LogP contribution is 2.30. The van der Waals surface area contributed by atoms with Crippen molar-refractivity contribution in [3.05, 3.63) is 76.7 Å². The largest absolute Gasteiger partial charge is 0.461 e. The number of hydrogen-bond donors (Lipinski definition) is 0. The molecule has 172 valence electrons. The van der Waals surface area contributed by atoms with Crippen molar-refractivity contribution in [1.82, 2.24) is 14.7 Å². The number of aromatic nitrogens is 2. The van der Waals surface area contributed by atoms with Crippen LogP contribution in [0.1, 0.15) is 57.8 Å². The van der Waals surface area contributed by atoms with Crippen LogP contribution in [0, 0.1) is 19.7 Å². The van der Waals surface area contributed by atoms with Gasteiger partial charge in [0.15, 0.2) is 5.69 Å². The highest BCUT2D eigenvalue weighted by atomic mass is 19.1. The molecule has 1 amide bonds. The topological polar surface area (TPSA) is 64.4 Å². The molecule has 1 fully saturated rings. The molecule has 2 aromatic carbocycles. The standard InChI is InChI=1S/C26H28FN3O3/c1-4-33-26(32)23-16-24(19-7-9-21(27)10-8-19)30(28-23)22-11-13-29(14-12-22)25(31)20-6-5-17(2)18(3)15-20/h5-10,15-16,22H,4,11-14H2,1-3H3. The van der Waals surface area contributed by atoms with Crippen molar-refractivity contribution in [1.29, 1.82) is 0 Å². The number of amides is 1. The van der Waals surface area contributed by atoms with Gasteiger partial charge >= 0.3 is 5.97 Å². The maximum Gasteiger partial charge on any atom is 0.358 e. The zero-order valence-corrected chi connectivity index (χ0v) is 19.2. The van der Waals surface area contributed by atoms with Crippen LogP contribution in [-0.2, 0) is 4.74 Å². The molecule has 1 aliphatic rings. The summed E-state index contributed by atoms with van der Waals surface area (Å²) in [6.07, 6.45) is 1.41. The van der Waals surface area contributed by atoms with Crippen molar-refractivity contribution in [2.45, 2.75) is 39.7 Å². The van der Waals surface area contributed by atoms with E-state index in [0.717, 1.165) is 22.4 Å². The van der Waals surface area contributed by atoms with Gasteiger partial charge in [0.2, 0.25) is 0 Å². The second kappa shape index (κ2) is 9.57. The number of carbonyl (C=O) groups is 2. The Morgan fingerprint density at radius 2 is 1.73 bits per heavy atom. The lowest BCUT2D eigenvalue weighted by Crippen LogP contribution is -2.39. The molecule has 33 heavy (non-hydrogen) atoms. The summed E-state index contributed by atoms with van der Waals surface area (Å²) in [4.78, 5) is 27.2. The van der Waals surface area contributed by atoms with Gasteiger partial charge in [-0.1, -0.05) is 6.07 Å². The number of nitrogens with zero attached hydrogens (tertiary/aromatic N) is 3. The van der Waals surface area contributed by atoms with Gasteiger partial charge in [-0.25, -0.2) is 9.18 Å². The van der Waals surface area contributed by atoms with E-state index < -0.39 is 5.97 Å². The van der Waals surface area contributed by atoms with E-state index in [-0.39, 0.29) is 30.1 Å². The predicted octanol–water partition coefficient (Wildman–Crippen LogP) is 4.96. The highest BCUT2D eigenvalue weighted by molar-refractivity contribution is 5.94. The molecular formula is C26H28FN3O3. The van der Waals surface area contributed by atoms with Crippen LogP contribution in [0.3, 0.4) is 0 Å². The van der Waals surface area contributed by atoms with Gasteiger partial charge in [-0.15, -0.1) is 0 Å². The fourth-order valence-corrected chi connectivity index (χ4v) is 4.18. The van der Waals surface area contributed by atoms with E-state index in [0.29, 0.717) is 31.5 Å². The third-order valence-corrected chi connectivity index (χ3v) is 6.21. The average Bonchev–Trinajstić information content (AvgIpc) is 3.27. The molecular weight excluding hydrogens is 421 g/mol. The Balaban J connectivity index is 1.55.